The summed E-state index contributed by atoms with van der Waals surface area (Å²) < 4.78 is 6.16. The van der Waals surface area contributed by atoms with Crippen LogP contribution in [-0.4, -0.2) is 9.97 Å². The number of para-hydroxylation sites is 1. The van der Waals surface area contributed by atoms with Crippen molar-refractivity contribution < 1.29 is 4.42 Å². The van der Waals surface area contributed by atoms with Crippen LogP contribution in [0.25, 0.3) is 89.2 Å². The highest BCUT2D eigenvalue weighted by Gasteiger charge is 2.15. The smallest absolute Gasteiger partial charge is 0.160 e. The van der Waals surface area contributed by atoms with Crippen molar-refractivity contribution in [2.75, 3.05) is 0 Å². The van der Waals surface area contributed by atoms with Crippen molar-refractivity contribution in [1.82, 2.24) is 9.97 Å². The van der Waals surface area contributed by atoms with E-state index in [1.54, 1.807) is 0 Å². The molecule has 0 atom stereocenters. The predicted molar refractivity (Wildman–Crippen MR) is 202 cm³/mol. The highest BCUT2D eigenvalue weighted by atomic mass is 16.3. The second kappa shape index (κ2) is 12.2. The van der Waals surface area contributed by atoms with Gasteiger partial charge in [0.2, 0.25) is 0 Å². The lowest BCUT2D eigenvalue weighted by atomic mass is 9.94. The molecule has 230 valence electrons. The third kappa shape index (κ3) is 5.58. The molecule has 2 aromatic heterocycles. The van der Waals surface area contributed by atoms with Crippen molar-refractivity contribution in [3.8, 4) is 67.3 Å². The van der Waals surface area contributed by atoms with Crippen molar-refractivity contribution in [1.29, 1.82) is 0 Å². The van der Waals surface area contributed by atoms with E-state index in [0.29, 0.717) is 5.82 Å². The fourth-order valence-corrected chi connectivity index (χ4v) is 6.57. The molecule has 0 bridgehead atoms. The maximum atomic E-state index is 6.16. The summed E-state index contributed by atoms with van der Waals surface area (Å²) in [5, 5.41) is 2.22. The molecular weight excluding hydrogens is 597 g/mol. The van der Waals surface area contributed by atoms with Gasteiger partial charge in [-0.25, -0.2) is 9.97 Å². The van der Waals surface area contributed by atoms with Gasteiger partial charge in [0.15, 0.2) is 5.82 Å². The van der Waals surface area contributed by atoms with Crippen LogP contribution in [0.15, 0.2) is 186 Å². The summed E-state index contributed by atoms with van der Waals surface area (Å²) in [5.41, 5.74) is 13.4. The molecule has 49 heavy (non-hydrogen) atoms. The van der Waals surface area contributed by atoms with E-state index in [2.05, 4.69) is 146 Å². The van der Waals surface area contributed by atoms with Crippen LogP contribution in [0.5, 0.6) is 0 Å². The van der Waals surface area contributed by atoms with Gasteiger partial charge in [-0.3, -0.25) is 0 Å². The number of furan rings is 1. The molecule has 9 aromatic rings. The monoisotopic (exact) mass is 626 g/mol. The average Bonchev–Trinajstić information content (AvgIpc) is 3.57. The summed E-state index contributed by atoms with van der Waals surface area (Å²) >= 11 is 0. The van der Waals surface area contributed by atoms with Gasteiger partial charge in [0.05, 0.1) is 11.4 Å². The van der Waals surface area contributed by atoms with Gasteiger partial charge in [-0.1, -0.05) is 140 Å². The van der Waals surface area contributed by atoms with E-state index in [1.807, 2.05) is 36.4 Å². The average molecular weight is 627 g/mol. The topological polar surface area (TPSA) is 38.9 Å². The Morgan fingerprint density at radius 3 is 1.45 bits per heavy atom. The SMILES string of the molecule is c1ccc(-c2ccc(-c3cc(-c4cc(-c5ccccc5)cc(-c5ccc6oc7ccccc7c6c5)c4)nc(-c4ccccc4)n3)cc2)cc1. The lowest BCUT2D eigenvalue weighted by Crippen LogP contribution is -1.96. The largest absolute Gasteiger partial charge is 0.456 e. The predicted octanol–water partition coefficient (Wildman–Crippen LogP) is 12.4. The minimum Gasteiger partial charge on any atom is -0.456 e. The van der Waals surface area contributed by atoms with Crippen molar-refractivity contribution in [3.05, 3.63) is 182 Å². The summed E-state index contributed by atoms with van der Waals surface area (Å²) in [7, 11) is 0. The van der Waals surface area contributed by atoms with Crippen LogP contribution in [0.3, 0.4) is 0 Å². The van der Waals surface area contributed by atoms with Gasteiger partial charge >= 0.3 is 0 Å². The van der Waals surface area contributed by atoms with Gasteiger partial charge in [-0.2, -0.15) is 0 Å². The molecule has 7 aromatic carbocycles. The summed E-state index contributed by atoms with van der Waals surface area (Å²) in [4.78, 5) is 10.3. The molecule has 0 N–H and O–H groups in total. The van der Waals surface area contributed by atoms with Crippen LogP contribution in [0.4, 0.5) is 0 Å². The molecule has 0 aliphatic heterocycles. The van der Waals surface area contributed by atoms with Crippen LogP contribution in [-0.2, 0) is 0 Å². The Balaban J connectivity index is 1.22. The maximum Gasteiger partial charge on any atom is 0.160 e. The molecule has 2 heterocycles. The second-order valence-electron chi connectivity index (χ2n) is 12.2. The molecule has 0 saturated carbocycles. The lowest BCUT2D eigenvalue weighted by Gasteiger charge is -2.13. The first-order valence-electron chi connectivity index (χ1n) is 16.5. The van der Waals surface area contributed by atoms with E-state index < -0.39 is 0 Å². The van der Waals surface area contributed by atoms with E-state index in [0.717, 1.165) is 72.3 Å². The van der Waals surface area contributed by atoms with E-state index >= 15 is 0 Å². The summed E-state index contributed by atoms with van der Waals surface area (Å²) in [5.74, 6) is 0.693. The van der Waals surface area contributed by atoms with E-state index in [9.17, 15) is 0 Å². The Kier molecular flexibility index (Phi) is 7.14. The zero-order valence-electron chi connectivity index (χ0n) is 26.6. The zero-order valence-corrected chi connectivity index (χ0v) is 26.6. The Morgan fingerprint density at radius 2 is 0.755 bits per heavy atom. The summed E-state index contributed by atoms with van der Waals surface area (Å²) in [6, 6.07) is 63.4. The number of fused-ring (bicyclic) bond motifs is 3. The molecule has 0 aliphatic rings. The minimum atomic E-state index is 0.693. The van der Waals surface area contributed by atoms with Gasteiger partial charge in [0.1, 0.15) is 11.2 Å². The molecule has 3 heteroatoms. The van der Waals surface area contributed by atoms with Gasteiger partial charge < -0.3 is 4.42 Å². The molecule has 0 radical (unpaired) electrons. The molecule has 0 saturated heterocycles. The summed E-state index contributed by atoms with van der Waals surface area (Å²) in [6.07, 6.45) is 0. The van der Waals surface area contributed by atoms with E-state index in [-0.39, 0.29) is 0 Å². The van der Waals surface area contributed by atoms with Crippen LogP contribution >= 0.6 is 0 Å². The number of benzene rings is 7. The fraction of sp³-hybridized carbons (Fsp3) is 0. The van der Waals surface area contributed by atoms with Crippen molar-refractivity contribution in [2.24, 2.45) is 0 Å². The first-order chi connectivity index (χ1) is 24.2. The zero-order chi connectivity index (χ0) is 32.6. The van der Waals surface area contributed by atoms with Gasteiger partial charge in [0, 0.05) is 27.5 Å². The molecular formula is C46H30N2O. The van der Waals surface area contributed by atoms with Gasteiger partial charge in [-0.05, 0) is 75.8 Å². The Hall–Kier alpha value is -6.58. The molecule has 0 spiro atoms. The molecule has 0 fully saturated rings. The Morgan fingerprint density at radius 1 is 0.286 bits per heavy atom. The number of rotatable bonds is 6. The molecule has 0 aliphatic carbocycles. The third-order valence-electron chi connectivity index (χ3n) is 9.09. The van der Waals surface area contributed by atoms with Crippen LogP contribution in [0, 0.1) is 0 Å². The Bertz CT molecular complexity index is 2570. The quantitative estimate of drug-likeness (QED) is 0.184. The first kappa shape index (κ1) is 28.6. The van der Waals surface area contributed by atoms with Crippen LogP contribution < -0.4 is 0 Å². The van der Waals surface area contributed by atoms with E-state index in [4.69, 9.17) is 14.4 Å². The minimum absolute atomic E-state index is 0.693. The highest BCUT2D eigenvalue weighted by molar-refractivity contribution is 6.06. The number of nitrogens with zero attached hydrogens (tertiary/aromatic N) is 2. The molecule has 0 unspecified atom stereocenters. The number of aromatic nitrogens is 2. The van der Waals surface area contributed by atoms with Crippen molar-refractivity contribution >= 4 is 21.9 Å². The highest BCUT2D eigenvalue weighted by Crippen LogP contribution is 2.37. The number of hydrogen-bond donors (Lipinski definition) is 0. The Labute approximate surface area is 284 Å². The number of hydrogen-bond acceptors (Lipinski definition) is 3. The lowest BCUT2D eigenvalue weighted by molar-refractivity contribution is 0.669. The standard InChI is InChI=1S/C46H30N2O/c1-4-12-31(13-5-1)33-20-22-34(23-21-33)42-30-43(48-46(47-42)35-16-8-3-9-17-35)39-27-37(32-14-6-2-7-15-32)26-38(28-39)36-24-25-45-41(29-36)40-18-10-11-19-44(40)49-45/h1-30H. The van der Waals surface area contributed by atoms with Gasteiger partial charge in [-0.15, -0.1) is 0 Å². The molecule has 3 nitrogen and oxygen atoms in total. The van der Waals surface area contributed by atoms with Crippen molar-refractivity contribution in [3.63, 3.8) is 0 Å². The molecule has 9 rings (SSSR count). The second-order valence-corrected chi connectivity index (χ2v) is 12.2. The molecule has 0 amide bonds. The maximum absolute atomic E-state index is 6.16. The van der Waals surface area contributed by atoms with Gasteiger partial charge in [0.25, 0.3) is 0 Å². The fourth-order valence-electron chi connectivity index (χ4n) is 6.57. The normalized spacial score (nSPS) is 11.3. The summed E-state index contributed by atoms with van der Waals surface area (Å²) in [6.45, 7) is 0. The van der Waals surface area contributed by atoms with Crippen molar-refractivity contribution in [2.45, 2.75) is 0 Å². The van der Waals surface area contributed by atoms with Crippen LogP contribution in [0.1, 0.15) is 0 Å². The third-order valence-corrected chi connectivity index (χ3v) is 9.09. The van der Waals surface area contributed by atoms with E-state index in [1.165, 1.54) is 11.1 Å². The van der Waals surface area contributed by atoms with Crippen LogP contribution in [0.2, 0.25) is 0 Å². The first-order valence-corrected chi connectivity index (χ1v) is 16.5.